The van der Waals surface area contributed by atoms with Crippen molar-refractivity contribution >= 4 is 23.5 Å². The van der Waals surface area contributed by atoms with E-state index in [0.29, 0.717) is 12.0 Å². The second kappa shape index (κ2) is 6.70. The van der Waals surface area contributed by atoms with Crippen LogP contribution < -0.4 is 5.32 Å². The van der Waals surface area contributed by atoms with Crippen molar-refractivity contribution in [2.45, 2.75) is 27.2 Å². The largest absolute Gasteiger partial charge is 0.481 e. The van der Waals surface area contributed by atoms with E-state index in [0.717, 1.165) is 0 Å². The molecule has 0 saturated heterocycles. The van der Waals surface area contributed by atoms with Gasteiger partial charge in [-0.25, -0.2) is 0 Å². The Hall–Kier alpha value is -1.62. The average molecular weight is 299 g/mol. The Bertz CT molecular complexity index is 497. The number of hydrogen-bond donors (Lipinski definition) is 2. The minimum atomic E-state index is -0.916. The number of amides is 1. The van der Waals surface area contributed by atoms with Crippen LogP contribution in [-0.4, -0.2) is 28.5 Å². The number of aromatic nitrogens is 1. The van der Waals surface area contributed by atoms with Crippen molar-refractivity contribution in [2.24, 2.45) is 11.3 Å². The van der Waals surface area contributed by atoms with Crippen molar-refractivity contribution in [1.82, 2.24) is 10.3 Å². The number of nitrogens with one attached hydrogen (secondary N) is 1. The molecule has 0 saturated carbocycles. The number of carbonyl (C=O) groups is 2. The lowest BCUT2D eigenvalue weighted by atomic mass is 9.84. The Kier molecular flexibility index (Phi) is 5.51. The van der Waals surface area contributed by atoms with E-state index in [9.17, 15) is 14.7 Å². The molecule has 2 N–H and O–H groups in total. The van der Waals surface area contributed by atoms with Gasteiger partial charge in [0.1, 0.15) is 0 Å². The normalized spacial score (nSPS) is 12.8. The number of carboxylic acids is 1. The third-order valence-electron chi connectivity index (χ3n) is 2.73. The molecular weight excluding hydrogens is 280 g/mol. The third-order valence-corrected chi connectivity index (χ3v) is 3.04. The van der Waals surface area contributed by atoms with Crippen molar-refractivity contribution in [3.05, 3.63) is 29.0 Å². The highest BCUT2D eigenvalue weighted by Gasteiger charge is 2.25. The summed E-state index contributed by atoms with van der Waals surface area (Å²) >= 11 is 5.86. The van der Waals surface area contributed by atoms with E-state index in [4.69, 9.17) is 11.6 Å². The fourth-order valence-corrected chi connectivity index (χ4v) is 2.06. The standard InChI is InChI=1S/C14H19ClN2O3/c1-14(2,3)6-9(13(19)20)7-17-12(18)10-4-5-16-8-11(10)15/h4-5,8-9H,6-7H2,1-3H3,(H,17,18)(H,19,20). The predicted octanol–water partition coefficient (Wildman–Crippen LogP) is 2.60. The molecule has 1 rings (SSSR count). The van der Waals surface area contributed by atoms with E-state index in [1.165, 1.54) is 18.5 Å². The van der Waals surface area contributed by atoms with Crippen LogP contribution in [0.4, 0.5) is 0 Å². The molecule has 0 fully saturated rings. The minimum Gasteiger partial charge on any atom is -0.481 e. The van der Waals surface area contributed by atoms with Crippen LogP contribution in [0.1, 0.15) is 37.6 Å². The summed E-state index contributed by atoms with van der Waals surface area (Å²) in [6, 6.07) is 1.50. The van der Waals surface area contributed by atoms with E-state index in [1.807, 2.05) is 20.8 Å². The van der Waals surface area contributed by atoms with E-state index >= 15 is 0 Å². The van der Waals surface area contributed by atoms with Crippen LogP contribution in [0.15, 0.2) is 18.5 Å². The molecule has 1 heterocycles. The summed E-state index contributed by atoms with van der Waals surface area (Å²) in [6.45, 7) is 5.96. The highest BCUT2D eigenvalue weighted by molar-refractivity contribution is 6.33. The fraction of sp³-hybridized carbons (Fsp3) is 0.500. The summed E-state index contributed by atoms with van der Waals surface area (Å²) in [5.74, 6) is -1.93. The Morgan fingerprint density at radius 2 is 2.10 bits per heavy atom. The van der Waals surface area contributed by atoms with Crippen LogP contribution in [0, 0.1) is 11.3 Å². The van der Waals surface area contributed by atoms with Gasteiger partial charge in [-0.1, -0.05) is 32.4 Å². The van der Waals surface area contributed by atoms with E-state index in [-0.39, 0.29) is 17.0 Å². The molecule has 0 radical (unpaired) electrons. The molecule has 0 spiro atoms. The Morgan fingerprint density at radius 1 is 1.45 bits per heavy atom. The Morgan fingerprint density at radius 3 is 2.60 bits per heavy atom. The van der Waals surface area contributed by atoms with Gasteiger partial charge in [0.25, 0.3) is 5.91 Å². The highest BCUT2D eigenvalue weighted by Crippen LogP contribution is 2.24. The monoisotopic (exact) mass is 298 g/mol. The summed E-state index contributed by atoms with van der Waals surface area (Å²) in [4.78, 5) is 26.9. The van der Waals surface area contributed by atoms with Gasteiger partial charge in [-0.05, 0) is 17.9 Å². The van der Waals surface area contributed by atoms with Crippen LogP contribution in [-0.2, 0) is 4.79 Å². The molecule has 110 valence electrons. The second-order valence-electron chi connectivity index (χ2n) is 5.87. The Labute approximate surface area is 123 Å². The summed E-state index contributed by atoms with van der Waals surface area (Å²) in [6.07, 6.45) is 3.32. The summed E-state index contributed by atoms with van der Waals surface area (Å²) in [7, 11) is 0. The van der Waals surface area contributed by atoms with Gasteiger partial charge < -0.3 is 10.4 Å². The van der Waals surface area contributed by atoms with Gasteiger partial charge in [0, 0.05) is 18.9 Å². The van der Waals surface area contributed by atoms with Crippen LogP contribution in [0.25, 0.3) is 0 Å². The first-order valence-corrected chi connectivity index (χ1v) is 6.69. The SMILES string of the molecule is CC(C)(C)CC(CNC(=O)c1ccncc1Cl)C(=O)O. The molecule has 1 aromatic heterocycles. The number of nitrogens with zero attached hydrogens (tertiary/aromatic N) is 1. The maximum Gasteiger partial charge on any atom is 0.308 e. The molecular formula is C14H19ClN2O3. The molecule has 5 nitrogen and oxygen atoms in total. The predicted molar refractivity (Wildman–Crippen MR) is 76.8 cm³/mol. The first-order valence-electron chi connectivity index (χ1n) is 6.31. The maximum absolute atomic E-state index is 11.9. The maximum atomic E-state index is 11.9. The van der Waals surface area contributed by atoms with E-state index in [1.54, 1.807) is 0 Å². The minimum absolute atomic E-state index is 0.0735. The molecule has 0 bridgehead atoms. The lowest BCUT2D eigenvalue weighted by Gasteiger charge is -2.23. The molecule has 20 heavy (non-hydrogen) atoms. The summed E-state index contributed by atoms with van der Waals surface area (Å²) in [5, 5.41) is 12.0. The van der Waals surface area contributed by atoms with Gasteiger partial charge in [-0.3, -0.25) is 14.6 Å². The number of aliphatic carboxylic acids is 1. The molecule has 0 aromatic carbocycles. The van der Waals surface area contributed by atoms with Gasteiger partial charge in [-0.2, -0.15) is 0 Å². The Balaban J connectivity index is 2.67. The fourth-order valence-electron chi connectivity index (χ4n) is 1.86. The zero-order valence-electron chi connectivity index (χ0n) is 11.8. The first-order chi connectivity index (χ1) is 9.20. The van der Waals surface area contributed by atoms with Gasteiger partial charge in [0.2, 0.25) is 0 Å². The quantitative estimate of drug-likeness (QED) is 0.875. The van der Waals surface area contributed by atoms with Gasteiger partial charge in [-0.15, -0.1) is 0 Å². The van der Waals surface area contributed by atoms with Crippen molar-refractivity contribution < 1.29 is 14.7 Å². The van der Waals surface area contributed by atoms with Gasteiger partial charge in [0.15, 0.2) is 0 Å². The molecule has 0 aliphatic rings. The summed E-state index contributed by atoms with van der Waals surface area (Å²) < 4.78 is 0. The molecule has 1 atom stereocenters. The first kappa shape index (κ1) is 16.4. The second-order valence-corrected chi connectivity index (χ2v) is 6.27. The average Bonchev–Trinajstić information content (AvgIpc) is 2.33. The molecule has 0 aliphatic carbocycles. The van der Waals surface area contributed by atoms with Crippen molar-refractivity contribution in [3.63, 3.8) is 0 Å². The zero-order chi connectivity index (χ0) is 15.3. The lowest BCUT2D eigenvalue weighted by Crippen LogP contribution is -2.35. The molecule has 0 aliphatic heterocycles. The van der Waals surface area contributed by atoms with Crippen molar-refractivity contribution in [1.29, 1.82) is 0 Å². The number of carbonyl (C=O) groups excluding carboxylic acids is 1. The number of carboxylic acid groups (broad SMARTS) is 1. The number of pyridine rings is 1. The van der Waals surface area contributed by atoms with Crippen LogP contribution in [0.3, 0.4) is 0 Å². The number of halogens is 1. The number of hydrogen-bond acceptors (Lipinski definition) is 3. The van der Waals surface area contributed by atoms with Crippen molar-refractivity contribution in [3.8, 4) is 0 Å². The summed E-state index contributed by atoms with van der Waals surface area (Å²) in [5.41, 5.74) is 0.170. The molecule has 1 amide bonds. The van der Waals surface area contributed by atoms with Crippen molar-refractivity contribution in [2.75, 3.05) is 6.54 Å². The topological polar surface area (TPSA) is 79.3 Å². The van der Waals surface area contributed by atoms with Gasteiger partial charge >= 0.3 is 5.97 Å². The zero-order valence-corrected chi connectivity index (χ0v) is 12.6. The molecule has 1 unspecified atom stereocenters. The van der Waals surface area contributed by atoms with Crippen LogP contribution >= 0.6 is 11.6 Å². The number of rotatable bonds is 5. The smallest absolute Gasteiger partial charge is 0.308 e. The van der Waals surface area contributed by atoms with E-state index in [2.05, 4.69) is 10.3 Å². The van der Waals surface area contributed by atoms with Crippen LogP contribution in [0.5, 0.6) is 0 Å². The highest BCUT2D eigenvalue weighted by atomic mass is 35.5. The third kappa shape index (κ3) is 5.17. The molecule has 1 aromatic rings. The van der Waals surface area contributed by atoms with Gasteiger partial charge in [0.05, 0.1) is 16.5 Å². The van der Waals surface area contributed by atoms with E-state index < -0.39 is 17.8 Å². The molecule has 6 heteroatoms. The van der Waals surface area contributed by atoms with Crippen LogP contribution in [0.2, 0.25) is 5.02 Å². The lowest BCUT2D eigenvalue weighted by molar-refractivity contribution is -0.142.